The second-order valence-corrected chi connectivity index (χ2v) is 7.71. The van der Waals surface area contributed by atoms with Gasteiger partial charge in [-0.15, -0.1) is 0 Å². The Hall–Kier alpha value is -2.80. The van der Waals surface area contributed by atoms with E-state index >= 15 is 0 Å². The lowest BCUT2D eigenvalue weighted by Gasteiger charge is -2.29. The molecule has 3 heterocycles. The van der Waals surface area contributed by atoms with E-state index in [0.29, 0.717) is 12.6 Å². The molecule has 0 spiro atoms. The average Bonchev–Trinajstić information content (AvgIpc) is 3.16. The summed E-state index contributed by atoms with van der Waals surface area (Å²) in [6.07, 6.45) is 7.93. The van der Waals surface area contributed by atoms with Crippen molar-refractivity contribution in [1.82, 2.24) is 20.1 Å². The normalized spacial score (nSPS) is 19.3. The van der Waals surface area contributed by atoms with E-state index in [1.807, 2.05) is 32.0 Å². The van der Waals surface area contributed by atoms with Crippen molar-refractivity contribution in [3.05, 3.63) is 53.3 Å². The highest BCUT2D eigenvalue weighted by atomic mass is 16.5. The fourth-order valence-corrected chi connectivity index (χ4v) is 3.65. The van der Waals surface area contributed by atoms with Crippen molar-refractivity contribution in [2.75, 3.05) is 5.32 Å². The van der Waals surface area contributed by atoms with Crippen LogP contribution in [0.15, 0.2) is 35.1 Å². The van der Waals surface area contributed by atoms with E-state index in [4.69, 9.17) is 14.2 Å². The van der Waals surface area contributed by atoms with Crippen molar-refractivity contribution in [1.29, 1.82) is 0 Å². The number of pyridine rings is 1. The SMILES string of the molecule is Cc1cc(COC2CCC(Nc3nc(-c4ccncc4)nc(C)c3C)CC2)on1. The molecule has 1 aliphatic rings. The number of nitrogens with one attached hydrogen (secondary N) is 1. The van der Waals surface area contributed by atoms with Crippen molar-refractivity contribution in [3.8, 4) is 11.4 Å². The zero-order valence-corrected chi connectivity index (χ0v) is 17.2. The summed E-state index contributed by atoms with van der Waals surface area (Å²) in [5, 5.41) is 7.55. The standard InChI is InChI=1S/C22H27N5O2/c1-14-12-20(29-27-14)13-28-19-6-4-18(5-7-19)25-21-15(2)16(3)24-22(26-21)17-8-10-23-11-9-17/h8-12,18-19H,4-7,13H2,1-3H3,(H,24,25,26). The van der Waals surface area contributed by atoms with Gasteiger partial charge < -0.3 is 14.6 Å². The molecule has 4 rings (SSSR count). The first-order valence-electron chi connectivity index (χ1n) is 10.1. The highest BCUT2D eigenvalue weighted by Crippen LogP contribution is 2.27. The summed E-state index contributed by atoms with van der Waals surface area (Å²) in [6, 6.07) is 6.19. The quantitative estimate of drug-likeness (QED) is 0.664. The summed E-state index contributed by atoms with van der Waals surface area (Å²) >= 11 is 0. The predicted molar refractivity (Wildman–Crippen MR) is 110 cm³/mol. The summed E-state index contributed by atoms with van der Waals surface area (Å²) in [7, 11) is 0. The molecule has 3 aromatic heterocycles. The number of ether oxygens (including phenoxy) is 1. The monoisotopic (exact) mass is 393 g/mol. The van der Waals surface area contributed by atoms with Gasteiger partial charge >= 0.3 is 0 Å². The molecule has 152 valence electrons. The zero-order chi connectivity index (χ0) is 20.2. The van der Waals surface area contributed by atoms with Crippen LogP contribution < -0.4 is 5.32 Å². The number of hydrogen-bond donors (Lipinski definition) is 1. The second kappa shape index (κ2) is 8.69. The molecule has 1 fully saturated rings. The van der Waals surface area contributed by atoms with Crippen molar-refractivity contribution < 1.29 is 9.26 Å². The van der Waals surface area contributed by atoms with Gasteiger partial charge in [-0.3, -0.25) is 4.98 Å². The van der Waals surface area contributed by atoms with Gasteiger partial charge in [0.2, 0.25) is 0 Å². The molecule has 0 saturated heterocycles. The third kappa shape index (κ3) is 4.79. The maximum atomic E-state index is 6.01. The van der Waals surface area contributed by atoms with Crippen LogP contribution in [-0.2, 0) is 11.3 Å². The van der Waals surface area contributed by atoms with E-state index in [2.05, 4.69) is 27.4 Å². The topological polar surface area (TPSA) is 86.0 Å². The molecular formula is C22H27N5O2. The first-order valence-corrected chi connectivity index (χ1v) is 10.1. The molecular weight excluding hydrogens is 366 g/mol. The lowest BCUT2D eigenvalue weighted by atomic mass is 9.93. The van der Waals surface area contributed by atoms with Gasteiger partial charge in [-0.2, -0.15) is 0 Å². The minimum absolute atomic E-state index is 0.263. The lowest BCUT2D eigenvalue weighted by Crippen LogP contribution is -2.30. The Bertz CT molecular complexity index is 949. The minimum Gasteiger partial charge on any atom is -0.370 e. The van der Waals surface area contributed by atoms with Crippen LogP contribution in [0.4, 0.5) is 5.82 Å². The van der Waals surface area contributed by atoms with Crippen molar-refractivity contribution in [2.24, 2.45) is 0 Å². The van der Waals surface area contributed by atoms with Crippen molar-refractivity contribution in [3.63, 3.8) is 0 Å². The number of rotatable bonds is 6. The van der Waals surface area contributed by atoms with E-state index in [1.54, 1.807) is 12.4 Å². The molecule has 0 bridgehead atoms. The van der Waals surface area contributed by atoms with Crippen LogP contribution >= 0.6 is 0 Å². The molecule has 0 atom stereocenters. The number of aromatic nitrogens is 4. The Morgan fingerprint density at radius 2 is 1.83 bits per heavy atom. The van der Waals surface area contributed by atoms with Gasteiger partial charge in [0.05, 0.1) is 11.8 Å². The molecule has 3 aromatic rings. The van der Waals surface area contributed by atoms with E-state index in [-0.39, 0.29) is 6.10 Å². The summed E-state index contributed by atoms with van der Waals surface area (Å²) in [5.41, 5.74) is 3.96. The predicted octanol–water partition coefficient (Wildman–Crippen LogP) is 4.39. The van der Waals surface area contributed by atoms with E-state index in [9.17, 15) is 0 Å². The van der Waals surface area contributed by atoms with E-state index in [0.717, 1.165) is 65.6 Å². The molecule has 1 N–H and O–H groups in total. The Morgan fingerprint density at radius 1 is 1.07 bits per heavy atom. The first kappa shape index (κ1) is 19.5. The fourth-order valence-electron chi connectivity index (χ4n) is 3.65. The average molecular weight is 393 g/mol. The van der Waals surface area contributed by atoms with Gasteiger partial charge in [-0.05, 0) is 58.6 Å². The number of aryl methyl sites for hydroxylation is 2. The maximum Gasteiger partial charge on any atom is 0.162 e. The Balaban J connectivity index is 1.36. The summed E-state index contributed by atoms with van der Waals surface area (Å²) in [4.78, 5) is 13.5. The van der Waals surface area contributed by atoms with Crippen LogP contribution in [0.1, 0.15) is 48.4 Å². The third-order valence-corrected chi connectivity index (χ3v) is 5.48. The molecule has 0 aliphatic heterocycles. The molecule has 0 amide bonds. The van der Waals surface area contributed by atoms with E-state index in [1.165, 1.54) is 0 Å². The van der Waals surface area contributed by atoms with Crippen LogP contribution in [0.5, 0.6) is 0 Å². The lowest BCUT2D eigenvalue weighted by molar-refractivity contribution is 0.00496. The Morgan fingerprint density at radius 3 is 2.52 bits per heavy atom. The van der Waals surface area contributed by atoms with Gasteiger partial charge in [-0.25, -0.2) is 9.97 Å². The van der Waals surface area contributed by atoms with Gasteiger partial charge in [0, 0.05) is 41.3 Å². The van der Waals surface area contributed by atoms with Crippen LogP contribution in [0.3, 0.4) is 0 Å². The highest BCUT2D eigenvalue weighted by Gasteiger charge is 2.23. The molecule has 29 heavy (non-hydrogen) atoms. The molecule has 0 radical (unpaired) electrons. The fraction of sp³-hybridized carbons (Fsp3) is 0.455. The van der Waals surface area contributed by atoms with Crippen molar-refractivity contribution >= 4 is 5.82 Å². The highest BCUT2D eigenvalue weighted by molar-refractivity contribution is 5.59. The number of hydrogen-bond acceptors (Lipinski definition) is 7. The van der Waals surface area contributed by atoms with Crippen LogP contribution in [0, 0.1) is 20.8 Å². The molecule has 0 aromatic carbocycles. The molecule has 1 saturated carbocycles. The molecule has 1 aliphatic carbocycles. The smallest absolute Gasteiger partial charge is 0.162 e. The summed E-state index contributed by atoms with van der Waals surface area (Å²) in [5.74, 6) is 2.45. The summed E-state index contributed by atoms with van der Waals surface area (Å²) < 4.78 is 11.2. The Labute approximate surface area is 170 Å². The van der Waals surface area contributed by atoms with Gasteiger partial charge in [0.15, 0.2) is 11.6 Å². The molecule has 7 heteroatoms. The largest absolute Gasteiger partial charge is 0.370 e. The number of anilines is 1. The van der Waals surface area contributed by atoms with Gasteiger partial charge in [0.1, 0.15) is 12.4 Å². The maximum absolute atomic E-state index is 6.01. The van der Waals surface area contributed by atoms with Crippen LogP contribution in [-0.4, -0.2) is 32.3 Å². The molecule has 7 nitrogen and oxygen atoms in total. The minimum atomic E-state index is 0.263. The van der Waals surface area contributed by atoms with Gasteiger partial charge in [0.25, 0.3) is 0 Å². The Kier molecular flexibility index (Phi) is 5.85. The van der Waals surface area contributed by atoms with E-state index < -0.39 is 0 Å². The van der Waals surface area contributed by atoms with Crippen molar-refractivity contribution in [2.45, 2.75) is 65.2 Å². The second-order valence-electron chi connectivity index (χ2n) is 7.71. The molecule has 0 unspecified atom stereocenters. The zero-order valence-electron chi connectivity index (χ0n) is 17.2. The summed E-state index contributed by atoms with van der Waals surface area (Å²) in [6.45, 7) is 6.51. The van der Waals surface area contributed by atoms with Crippen LogP contribution in [0.2, 0.25) is 0 Å². The number of nitrogens with zero attached hydrogens (tertiary/aromatic N) is 4. The van der Waals surface area contributed by atoms with Gasteiger partial charge in [-0.1, -0.05) is 5.16 Å². The van der Waals surface area contributed by atoms with Crippen LogP contribution in [0.25, 0.3) is 11.4 Å². The third-order valence-electron chi connectivity index (χ3n) is 5.48. The first-order chi connectivity index (χ1) is 14.1.